The molecule has 0 aliphatic carbocycles. The standard InChI is InChI=1S/C56H66Cl4N6O14/c1-63-27-42(40-21-36(57)23-46(59)44(40)29-63)32-3-5-34-25-65(52(69)38(34)19-32)9-13-76-17-15-74-11-7-61-55(72)78-31-48(51-49(67)50(68)54(71)80-51)79-56(73)62-8-12-75-16-18-77-14-10-66-26-35-6-4-33(20-39(35)53(66)70)43-28-64(2)30-45-41(43)22-37(58)24-47(45)60/h3-6,19-24,42-43,48-51,54,67-68,71H,7-18,25-31H2,1-2H3,(H,61,72)(H,62,73)/t42?,43?,48-,49-,50-,51-,54?/m1/s1. The molecule has 0 spiro atoms. The summed E-state index contributed by atoms with van der Waals surface area (Å²) in [7, 11) is 4.09. The predicted molar refractivity (Wildman–Crippen MR) is 295 cm³/mol. The number of aliphatic hydroxyl groups excluding tert-OH is 3. The molecule has 432 valence electrons. The molecule has 0 radical (unpaired) electrons. The van der Waals surface area contributed by atoms with Crippen LogP contribution in [-0.4, -0.2) is 202 Å². The molecule has 80 heavy (non-hydrogen) atoms. The number of carbonyl (C=O) groups excluding carboxylic acids is 4. The van der Waals surface area contributed by atoms with Crippen LogP contribution >= 0.6 is 46.4 Å². The Morgan fingerprint density at radius 2 is 1.07 bits per heavy atom. The summed E-state index contributed by atoms with van der Waals surface area (Å²) in [6, 6.07) is 19.6. The number of rotatable bonds is 24. The summed E-state index contributed by atoms with van der Waals surface area (Å²) >= 11 is 25.9. The van der Waals surface area contributed by atoms with Gasteiger partial charge in [-0.2, -0.15) is 0 Å². The van der Waals surface area contributed by atoms with Gasteiger partial charge in [0.05, 0.1) is 52.9 Å². The molecule has 4 amide bonds. The second-order valence-corrected chi connectivity index (χ2v) is 22.2. The van der Waals surface area contributed by atoms with Crippen molar-refractivity contribution in [3.05, 3.63) is 136 Å². The maximum atomic E-state index is 13.5. The maximum Gasteiger partial charge on any atom is 0.407 e. The van der Waals surface area contributed by atoms with Crippen molar-refractivity contribution in [1.29, 1.82) is 0 Å². The largest absolute Gasteiger partial charge is 0.446 e. The van der Waals surface area contributed by atoms with Crippen molar-refractivity contribution in [2.75, 3.05) is 113 Å². The molecule has 5 aliphatic rings. The van der Waals surface area contributed by atoms with Crippen LogP contribution in [0.15, 0.2) is 60.7 Å². The molecule has 1 saturated heterocycles. The molecule has 3 unspecified atom stereocenters. The minimum Gasteiger partial charge on any atom is -0.446 e. The van der Waals surface area contributed by atoms with E-state index in [1.54, 1.807) is 21.9 Å². The molecule has 7 atom stereocenters. The monoisotopic (exact) mass is 1190 g/mol. The van der Waals surface area contributed by atoms with Gasteiger partial charge in [-0.05, 0) is 95.0 Å². The number of benzene rings is 4. The van der Waals surface area contributed by atoms with E-state index in [-0.39, 0.29) is 83.0 Å². The third-order valence-corrected chi connectivity index (χ3v) is 16.0. The Hall–Kier alpha value is -4.88. The highest BCUT2D eigenvalue weighted by molar-refractivity contribution is 6.35. The molecule has 4 aromatic carbocycles. The summed E-state index contributed by atoms with van der Waals surface area (Å²) in [6.45, 7) is 5.86. The number of alkyl carbamates (subject to hydrolysis) is 2. The van der Waals surface area contributed by atoms with Crippen molar-refractivity contribution in [3.63, 3.8) is 0 Å². The molecule has 4 aromatic rings. The van der Waals surface area contributed by atoms with Crippen LogP contribution < -0.4 is 10.6 Å². The summed E-state index contributed by atoms with van der Waals surface area (Å²) < 4.78 is 38.5. The highest BCUT2D eigenvalue weighted by atomic mass is 35.5. The lowest BCUT2D eigenvalue weighted by Crippen LogP contribution is -2.46. The van der Waals surface area contributed by atoms with Gasteiger partial charge in [0.1, 0.15) is 24.9 Å². The van der Waals surface area contributed by atoms with E-state index in [4.69, 9.17) is 79.6 Å². The number of amides is 4. The number of aliphatic hydroxyl groups is 3. The van der Waals surface area contributed by atoms with E-state index in [1.165, 1.54) is 0 Å². The fraction of sp³-hybridized carbons (Fsp3) is 0.500. The number of likely N-dealkylation sites (N-methyl/N-ethyl adjacent to an activating group) is 2. The Balaban J connectivity index is 0.615. The van der Waals surface area contributed by atoms with Crippen LogP contribution in [0.2, 0.25) is 20.1 Å². The van der Waals surface area contributed by atoms with E-state index < -0.39 is 49.5 Å². The van der Waals surface area contributed by atoms with E-state index >= 15 is 0 Å². The van der Waals surface area contributed by atoms with Gasteiger partial charge >= 0.3 is 12.2 Å². The van der Waals surface area contributed by atoms with Crippen LogP contribution in [0.1, 0.15) is 77.1 Å². The van der Waals surface area contributed by atoms with Crippen LogP contribution in [0.3, 0.4) is 0 Å². The molecular weight excluding hydrogens is 1120 g/mol. The van der Waals surface area contributed by atoms with Gasteiger partial charge in [0.2, 0.25) is 0 Å². The molecule has 0 bridgehead atoms. The van der Waals surface area contributed by atoms with Crippen molar-refractivity contribution >= 4 is 70.4 Å². The van der Waals surface area contributed by atoms with Gasteiger partial charge in [-0.1, -0.05) is 70.7 Å². The van der Waals surface area contributed by atoms with Crippen molar-refractivity contribution in [2.45, 2.75) is 68.7 Å². The number of nitrogens with zero attached hydrogens (tertiary/aromatic N) is 4. The number of hydrogen-bond acceptors (Lipinski definition) is 16. The molecule has 24 heteroatoms. The zero-order chi connectivity index (χ0) is 56.6. The predicted octanol–water partition coefficient (Wildman–Crippen LogP) is 5.39. The number of ether oxygens (including phenoxy) is 7. The van der Waals surface area contributed by atoms with Gasteiger partial charge in [0, 0.05) is 109 Å². The van der Waals surface area contributed by atoms with Gasteiger partial charge in [-0.15, -0.1) is 0 Å². The second kappa shape index (κ2) is 27.5. The average molecular weight is 1190 g/mol. The highest BCUT2D eigenvalue weighted by Gasteiger charge is 2.48. The van der Waals surface area contributed by atoms with Crippen LogP contribution in [0.25, 0.3) is 0 Å². The molecule has 9 rings (SSSR count). The number of hydrogen-bond donors (Lipinski definition) is 5. The van der Waals surface area contributed by atoms with E-state index in [1.807, 2.05) is 50.5 Å². The first kappa shape index (κ1) is 59.7. The maximum absolute atomic E-state index is 13.5. The Labute approximate surface area is 483 Å². The van der Waals surface area contributed by atoms with E-state index in [0.29, 0.717) is 64.0 Å². The molecule has 20 nitrogen and oxygen atoms in total. The fourth-order valence-electron chi connectivity index (χ4n) is 10.8. The summed E-state index contributed by atoms with van der Waals surface area (Å²) in [4.78, 5) is 60.2. The normalized spacial score (nSPS) is 22.0. The summed E-state index contributed by atoms with van der Waals surface area (Å²) in [5.74, 6) is -0.0862. The zero-order valence-corrected chi connectivity index (χ0v) is 47.4. The summed E-state index contributed by atoms with van der Waals surface area (Å²) in [6.07, 6.45) is -9.85. The third kappa shape index (κ3) is 14.5. The van der Waals surface area contributed by atoms with Crippen LogP contribution in [0, 0.1) is 0 Å². The highest BCUT2D eigenvalue weighted by Crippen LogP contribution is 2.41. The number of carbonyl (C=O) groups is 4. The molecule has 5 N–H and O–H groups in total. The van der Waals surface area contributed by atoms with Crippen molar-refractivity contribution < 1.29 is 67.7 Å². The number of fused-ring (bicyclic) bond motifs is 4. The van der Waals surface area contributed by atoms with Crippen molar-refractivity contribution in [2.24, 2.45) is 0 Å². The molecule has 0 aromatic heterocycles. The molecule has 1 fully saturated rings. The average Bonchev–Trinajstić information content (AvgIpc) is 4.13. The first-order chi connectivity index (χ1) is 38.5. The zero-order valence-electron chi connectivity index (χ0n) is 44.4. The minimum atomic E-state index is -1.77. The lowest BCUT2D eigenvalue weighted by atomic mass is 9.84. The van der Waals surface area contributed by atoms with Gasteiger partial charge in [-0.3, -0.25) is 9.59 Å². The topological polar surface area (TPSA) is 231 Å². The fourth-order valence-corrected chi connectivity index (χ4v) is 12.0. The van der Waals surface area contributed by atoms with Gasteiger partial charge in [0.15, 0.2) is 12.4 Å². The smallest absolute Gasteiger partial charge is 0.407 e. The SMILES string of the molecule is CN1Cc2c(Cl)cc(Cl)cc2C(c2ccc3c(c2)C(=O)N(CCOCCOCCNC(=O)OC[C@@H](OC(=O)NCCOCCOCCN2Cc4ccc(C5CN(C)Cc6c(Cl)cc(Cl)cc65)cc4C2=O)[C@H]2OC(O)[C@H](O)[C@H]2O)C3)C1. The third-order valence-electron chi connectivity index (χ3n) is 14.9. The van der Waals surface area contributed by atoms with Gasteiger partial charge < -0.3 is 78.7 Å². The molecule has 0 saturated carbocycles. The second-order valence-electron chi connectivity index (χ2n) is 20.5. The molecule has 5 aliphatic heterocycles. The molecular formula is C56H66Cl4N6O14. The Bertz CT molecular complexity index is 2890. The van der Waals surface area contributed by atoms with Gasteiger partial charge in [-0.25, -0.2) is 9.59 Å². The van der Waals surface area contributed by atoms with Crippen LogP contribution in [0.4, 0.5) is 9.59 Å². The quantitative estimate of drug-likeness (QED) is 0.0554. The van der Waals surface area contributed by atoms with E-state index in [2.05, 4.69) is 32.6 Å². The molecule has 5 heterocycles. The van der Waals surface area contributed by atoms with E-state index in [9.17, 15) is 34.5 Å². The van der Waals surface area contributed by atoms with E-state index in [0.717, 1.165) is 70.7 Å². The van der Waals surface area contributed by atoms with Gasteiger partial charge in [0.25, 0.3) is 11.8 Å². The minimum absolute atomic E-state index is 0.0131. The first-order valence-electron chi connectivity index (χ1n) is 26.6. The van der Waals surface area contributed by atoms with Crippen molar-refractivity contribution in [1.82, 2.24) is 30.2 Å². The lowest BCUT2D eigenvalue weighted by Gasteiger charge is -2.33. The summed E-state index contributed by atoms with van der Waals surface area (Å²) in [5, 5.41) is 38.0. The van der Waals surface area contributed by atoms with Crippen LogP contribution in [-0.2, 0) is 59.3 Å². The Morgan fingerprint density at radius 1 is 0.613 bits per heavy atom. The Morgan fingerprint density at radius 3 is 1.54 bits per heavy atom. The lowest BCUT2D eigenvalue weighted by molar-refractivity contribution is -0.151. The number of halogens is 4. The van der Waals surface area contributed by atoms with Crippen molar-refractivity contribution in [3.8, 4) is 0 Å². The van der Waals surface area contributed by atoms with Crippen LogP contribution in [0.5, 0.6) is 0 Å². The Kier molecular flexibility index (Phi) is 20.5. The number of nitrogens with one attached hydrogen (secondary N) is 2. The summed E-state index contributed by atoms with van der Waals surface area (Å²) in [5.41, 5.74) is 9.55. The first-order valence-corrected chi connectivity index (χ1v) is 28.1.